The molecule has 0 unspecified atom stereocenters. The van der Waals surface area contributed by atoms with Gasteiger partial charge in [0, 0.05) is 30.9 Å². The Labute approximate surface area is 118 Å². The van der Waals surface area contributed by atoms with Gasteiger partial charge in [-0.2, -0.15) is 11.3 Å². The zero-order chi connectivity index (χ0) is 13.1. The van der Waals surface area contributed by atoms with Gasteiger partial charge in [-0.25, -0.2) is 9.97 Å². The van der Waals surface area contributed by atoms with Crippen molar-refractivity contribution in [2.24, 2.45) is 0 Å². The highest BCUT2D eigenvalue weighted by Crippen LogP contribution is 2.26. The molecule has 1 saturated heterocycles. The summed E-state index contributed by atoms with van der Waals surface area (Å²) < 4.78 is 0. The molecular weight excluding hydrogens is 254 g/mol. The Bertz CT molecular complexity index is 524. The van der Waals surface area contributed by atoms with Gasteiger partial charge in [-0.1, -0.05) is 0 Å². The SMILES string of the molecule is Cc1nccc([C@H]2CCCN(Cc3ccsc3)C2)n1. The Kier molecular flexibility index (Phi) is 3.89. The summed E-state index contributed by atoms with van der Waals surface area (Å²) in [5.41, 5.74) is 2.65. The highest BCUT2D eigenvalue weighted by Gasteiger charge is 2.22. The molecule has 0 saturated carbocycles. The van der Waals surface area contributed by atoms with Crippen LogP contribution in [0, 0.1) is 6.92 Å². The molecule has 2 aromatic heterocycles. The quantitative estimate of drug-likeness (QED) is 0.859. The third kappa shape index (κ3) is 3.19. The molecule has 0 aliphatic carbocycles. The Morgan fingerprint density at radius 1 is 1.42 bits per heavy atom. The standard InChI is InChI=1S/C15H19N3S/c1-12-16-6-4-15(17-12)14-3-2-7-18(10-14)9-13-5-8-19-11-13/h4-6,8,11,14H,2-3,7,9-10H2,1H3/t14-/m0/s1. The van der Waals surface area contributed by atoms with Gasteiger partial charge in [-0.15, -0.1) is 0 Å². The van der Waals surface area contributed by atoms with Gasteiger partial charge < -0.3 is 0 Å². The predicted octanol–water partition coefficient (Wildman–Crippen LogP) is 3.23. The number of aryl methyl sites for hydroxylation is 1. The van der Waals surface area contributed by atoms with Crippen LogP contribution in [0.4, 0.5) is 0 Å². The molecule has 3 rings (SSSR count). The molecule has 0 aromatic carbocycles. The van der Waals surface area contributed by atoms with Gasteiger partial charge in [0.05, 0.1) is 0 Å². The van der Waals surface area contributed by atoms with Gasteiger partial charge in [0.1, 0.15) is 5.82 Å². The average Bonchev–Trinajstić information content (AvgIpc) is 2.92. The molecule has 3 nitrogen and oxygen atoms in total. The van der Waals surface area contributed by atoms with E-state index in [4.69, 9.17) is 0 Å². The molecule has 3 heterocycles. The summed E-state index contributed by atoms with van der Waals surface area (Å²) in [4.78, 5) is 11.3. The van der Waals surface area contributed by atoms with Gasteiger partial charge >= 0.3 is 0 Å². The first kappa shape index (κ1) is 12.8. The lowest BCUT2D eigenvalue weighted by Crippen LogP contribution is -2.34. The van der Waals surface area contributed by atoms with Crippen molar-refractivity contribution in [3.05, 3.63) is 46.2 Å². The minimum Gasteiger partial charge on any atom is -0.298 e. The molecule has 1 atom stereocenters. The Balaban J connectivity index is 1.67. The number of rotatable bonds is 3. The van der Waals surface area contributed by atoms with E-state index in [9.17, 15) is 0 Å². The molecule has 100 valence electrons. The number of thiophene rings is 1. The molecule has 1 aliphatic heterocycles. The van der Waals surface area contributed by atoms with Crippen LogP contribution in [0.2, 0.25) is 0 Å². The third-order valence-electron chi connectivity index (χ3n) is 3.71. The molecular formula is C15H19N3S. The number of piperidine rings is 1. The van der Waals surface area contributed by atoms with E-state index in [0.717, 1.165) is 18.9 Å². The Morgan fingerprint density at radius 2 is 2.37 bits per heavy atom. The second kappa shape index (κ2) is 5.80. The van der Waals surface area contributed by atoms with Gasteiger partial charge in [0.2, 0.25) is 0 Å². The molecule has 19 heavy (non-hydrogen) atoms. The highest BCUT2D eigenvalue weighted by molar-refractivity contribution is 7.07. The summed E-state index contributed by atoms with van der Waals surface area (Å²) in [6, 6.07) is 4.30. The van der Waals surface area contributed by atoms with Crippen LogP contribution < -0.4 is 0 Å². The smallest absolute Gasteiger partial charge is 0.125 e. The molecule has 1 aliphatic rings. The van der Waals surface area contributed by atoms with Crippen LogP contribution in [-0.4, -0.2) is 28.0 Å². The van der Waals surface area contributed by atoms with E-state index < -0.39 is 0 Å². The molecule has 0 N–H and O–H groups in total. The molecule has 0 amide bonds. The van der Waals surface area contributed by atoms with Crippen LogP contribution in [0.1, 0.15) is 35.8 Å². The van der Waals surface area contributed by atoms with Crippen LogP contribution in [0.5, 0.6) is 0 Å². The van der Waals surface area contributed by atoms with E-state index in [1.165, 1.54) is 30.6 Å². The fourth-order valence-electron chi connectivity index (χ4n) is 2.78. The third-order valence-corrected chi connectivity index (χ3v) is 4.44. The number of aromatic nitrogens is 2. The lowest BCUT2D eigenvalue weighted by Gasteiger charge is -2.32. The van der Waals surface area contributed by atoms with Gasteiger partial charge in [0.15, 0.2) is 0 Å². The normalized spacial score (nSPS) is 20.6. The van der Waals surface area contributed by atoms with E-state index in [-0.39, 0.29) is 0 Å². The molecule has 4 heteroatoms. The fourth-order valence-corrected chi connectivity index (χ4v) is 3.44. The molecule has 1 fully saturated rings. The van der Waals surface area contributed by atoms with Crippen molar-refractivity contribution in [2.75, 3.05) is 13.1 Å². The highest BCUT2D eigenvalue weighted by atomic mass is 32.1. The van der Waals surface area contributed by atoms with Crippen molar-refractivity contribution in [3.63, 3.8) is 0 Å². The maximum Gasteiger partial charge on any atom is 0.125 e. The minimum atomic E-state index is 0.564. The van der Waals surface area contributed by atoms with Crippen molar-refractivity contribution in [3.8, 4) is 0 Å². The second-order valence-corrected chi connectivity index (χ2v) is 6.01. The number of likely N-dealkylation sites (tertiary alicyclic amines) is 1. The average molecular weight is 273 g/mol. The van der Waals surface area contributed by atoms with Crippen LogP contribution >= 0.6 is 11.3 Å². The second-order valence-electron chi connectivity index (χ2n) is 5.23. The van der Waals surface area contributed by atoms with Gasteiger partial charge in [-0.05, 0) is 54.8 Å². The van der Waals surface area contributed by atoms with Crippen LogP contribution in [-0.2, 0) is 6.54 Å². The maximum atomic E-state index is 4.59. The Morgan fingerprint density at radius 3 is 3.16 bits per heavy atom. The Hall–Kier alpha value is -1.26. The van der Waals surface area contributed by atoms with Crippen molar-refractivity contribution in [1.82, 2.24) is 14.9 Å². The first-order valence-corrected chi connectivity index (χ1v) is 7.78. The van der Waals surface area contributed by atoms with Gasteiger partial charge in [-0.3, -0.25) is 4.90 Å². The van der Waals surface area contributed by atoms with Crippen LogP contribution in [0.3, 0.4) is 0 Å². The largest absolute Gasteiger partial charge is 0.298 e. The molecule has 2 aromatic rings. The monoisotopic (exact) mass is 273 g/mol. The maximum absolute atomic E-state index is 4.59. The molecule has 0 bridgehead atoms. The van der Waals surface area contributed by atoms with Crippen molar-refractivity contribution in [2.45, 2.75) is 32.2 Å². The van der Waals surface area contributed by atoms with E-state index in [1.54, 1.807) is 11.3 Å². The summed E-state index contributed by atoms with van der Waals surface area (Å²) in [7, 11) is 0. The fraction of sp³-hybridized carbons (Fsp3) is 0.467. The zero-order valence-corrected chi connectivity index (χ0v) is 12.1. The van der Waals surface area contributed by atoms with E-state index >= 15 is 0 Å². The molecule has 0 radical (unpaired) electrons. The summed E-state index contributed by atoms with van der Waals surface area (Å²) in [6.45, 7) is 5.36. The number of nitrogens with zero attached hydrogens (tertiary/aromatic N) is 3. The first-order chi connectivity index (χ1) is 9.31. The van der Waals surface area contributed by atoms with Crippen LogP contribution in [0.25, 0.3) is 0 Å². The minimum absolute atomic E-state index is 0.564. The summed E-state index contributed by atoms with van der Waals surface area (Å²) in [5, 5.41) is 4.41. The predicted molar refractivity (Wildman–Crippen MR) is 78.3 cm³/mol. The van der Waals surface area contributed by atoms with Gasteiger partial charge in [0.25, 0.3) is 0 Å². The zero-order valence-electron chi connectivity index (χ0n) is 11.2. The number of hydrogen-bond acceptors (Lipinski definition) is 4. The summed E-state index contributed by atoms with van der Waals surface area (Å²) >= 11 is 1.78. The van der Waals surface area contributed by atoms with Crippen molar-refractivity contribution >= 4 is 11.3 Å². The number of hydrogen-bond donors (Lipinski definition) is 0. The lowest BCUT2D eigenvalue weighted by atomic mass is 9.94. The molecule has 0 spiro atoms. The first-order valence-electron chi connectivity index (χ1n) is 6.84. The summed E-state index contributed by atoms with van der Waals surface area (Å²) in [6.07, 6.45) is 4.39. The van der Waals surface area contributed by atoms with E-state index in [2.05, 4.69) is 37.8 Å². The lowest BCUT2D eigenvalue weighted by molar-refractivity contribution is 0.198. The topological polar surface area (TPSA) is 29.0 Å². The van der Waals surface area contributed by atoms with E-state index in [1.807, 2.05) is 13.1 Å². The summed E-state index contributed by atoms with van der Waals surface area (Å²) in [5.74, 6) is 1.45. The van der Waals surface area contributed by atoms with Crippen molar-refractivity contribution < 1.29 is 0 Å². The van der Waals surface area contributed by atoms with E-state index in [0.29, 0.717) is 5.92 Å². The van der Waals surface area contributed by atoms with Crippen molar-refractivity contribution in [1.29, 1.82) is 0 Å². The van der Waals surface area contributed by atoms with Crippen LogP contribution in [0.15, 0.2) is 29.1 Å².